The van der Waals surface area contributed by atoms with Crippen LogP contribution in [0.3, 0.4) is 0 Å². The number of thioether (sulfide) groups is 1. The first-order chi connectivity index (χ1) is 14.0. The molecule has 152 valence electrons. The SMILES string of the molecule is O=C(CCSCc1nc2sc3c(c2c(=O)[nH]1)CCCC3)Nc1ccc(F)c(F)c1. The summed E-state index contributed by atoms with van der Waals surface area (Å²) in [5.41, 5.74) is 1.30. The summed E-state index contributed by atoms with van der Waals surface area (Å²) in [6, 6.07) is 3.24. The van der Waals surface area contributed by atoms with Crippen molar-refractivity contribution in [3.05, 3.63) is 56.5 Å². The molecule has 0 fully saturated rings. The zero-order valence-electron chi connectivity index (χ0n) is 15.5. The van der Waals surface area contributed by atoms with E-state index in [2.05, 4.69) is 15.3 Å². The molecule has 2 N–H and O–H groups in total. The highest BCUT2D eigenvalue weighted by molar-refractivity contribution is 7.98. The number of hydrogen-bond acceptors (Lipinski definition) is 5. The molecule has 4 rings (SSSR count). The Morgan fingerprint density at radius 1 is 1.24 bits per heavy atom. The van der Waals surface area contributed by atoms with Crippen molar-refractivity contribution in [2.45, 2.75) is 37.9 Å². The summed E-state index contributed by atoms with van der Waals surface area (Å²) in [4.78, 5) is 34.0. The van der Waals surface area contributed by atoms with Gasteiger partial charge in [-0.2, -0.15) is 11.8 Å². The van der Waals surface area contributed by atoms with Crippen LogP contribution in [0.4, 0.5) is 14.5 Å². The molecule has 0 aliphatic heterocycles. The molecule has 0 radical (unpaired) electrons. The summed E-state index contributed by atoms with van der Waals surface area (Å²) >= 11 is 3.09. The molecule has 0 spiro atoms. The van der Waals surface area contributed by atoms with Crippen molar-refractivity contribution < 1.29 is 13.6 Å². The fourth-order valence-electron chi connectivity index (χ4n) is 3.41. The number of rotatable bonds is 6. The number of fused-ring (bicyclic) bond motifs is 3. The summed E-state index contributed by atoms with van der Waals surface area (Å²) in [7, 11) is 0. The van der Waals surface area contributed by atoms with Crippen LogP contribution in [0.5, 0.6) is 0 Å². The van der Waals surface area contributed by atoms with Crippen LogP contribution in [0.15, 0.2) is 23.0 Å². The highest BCUT2D eigenvalue weighted by Gasteiger charge is 2.19. The molecule has 0 atom stereocenters. The molecule has 3 aromatic rings. The second kappa shape index (κ2) is 8.62. The number of carbonyl (C=O) groups excluding carboxylic acids is 1. The van der Waals surface area contributed by atoms with Crippen LogP contribution in [-0.2, 0) is 23.4 Å². The van der Waals surface area contributed by atoms with Gasteiger partial charge in [0.05, 0.1) is 11.1 Å². The lowest BCUT2D eigenvalue weighted by Crippen LogP contribution is -2.14. The Morgan fingerprint density at radius 3 is 2.90 bits per heavy atom. The van der Waals surface area contributed by atoms with Crippen LogP contribution in [0.25, 0.3) is 10.2 Å². The number of aromatic nitrogens is 2. The Kier molecular flexibility index (Phi) is 5.96. The second-order valence-electron chi connectivity index (χ2n) is 6.88. The molecular formula is C20H19F2N3O2S2. The van der Waals surface area contributed by atoms with Crippen molar-refractivity contribution in [1.29, 1.82) is 0 Å². The quantitative estimate of drug-likeness (QED) is 0.563. The first kappa shape index (κ1) is 20.0. The van der Waals surface area contributed by atoms with Crippen LogP contribution < -0.4 is 10.9 Å². The van der Waals surface area contributed by atoms with E-state index in [1.54, 1.807) is 11.3 Å². The minimum atomic E-state index is -1.00. The van der Waals surface area contributed by atoms with Crippen molar-refractivity contribution in [3.63, 3.8) is 0 Å². The number of H-pyrrole nitrogens is 1. The largest absolute Gasteiger partial charge is 0.326 e. The summed E-state index contributed by atoms with van der Waals surface area (Å²) in [6.45, 7) is 0. The van der Waals surface area contributed by atoms with Crippen molar-refractivity contribution in [3.8, 4) is 0 Å². The van der Waals surface area contributed by atoms with Gasteiger partial charge in [0.1, 0.15) is 10.7 Å². The molecule has 0 saturated heterocycles. The molecule has 5 nitrogen and oxygen atoms in total. The fourth-order valence-corrected chi connectivity index (χ4v) is 5.49. The van der Waals surface area contributed by atoms with Gasteiger partial charge >= 0.3 is 0 Å². The first-order valence-corrected chi connectivity index (χ1v) is 11.3. The number of aromatic amines is 1. The zero-order valence-corrected chi connectivity index (χ0v) is 17.2. The number of thiophene rings is 1. The summed E-state index contributed by atoms with van der Waals surface area (Å²) in [6.07, 6.45) is 4.45. The number of benzene rings is 1. The number of nitrogens with one attached hydrogen (secondary N) is 2. The molecule has 9 heteroatoms. The number of halogens is 2. The predicted molar refractivity (Wildman–Crippen MR) is 113 cm³/mol. The average Bonchev–Trinajstić information content (AvgIpc) is 3.07. The third kappa shape index (κ3) is 4.51. The number of amides is 1. The topological polar surface area (TPSA) is 74.8 Å². The highest BCUT2D eigenvalue weighted by atomic mass is 32.2. The van der Waals surface area contributed by atoms with Crippen LogP contribution in [0.2, 0.25) is 0 Å². The molecular weight excluding hydrogens is 416 g/mol. The highest BCUT2D eigenvalue weighted by Crippen LogP contribution is 2.33. The third-order valence-electron chi connectivity index (χ3n) is 4.79. The van der Waals surface area contributed by atoms with E-state index in [0.717, 1.165) is 53.6 Å². The molecule has 29 heavy (non-hydrogen) atoms. The van der Waals surface area contributed by atoms with Gasteiger partial charge in [-0.15, -0.1) is 11.3 Å². The Morgan fingerprint density at radius 2 is 2.07 bits per heavy atom. The Hall–Kier alpha value is -2.26. The maximum absolute atomic E-state index is 13.2. The number of aryl methyl sites for hydroxylation is 2. The van der Waals surface area contributed by atoms with Crippen molar-refractivity contribution in [1.82, 2.24) is 9.97 Å². The maximum Gasteiger partial charge on any atom is 0.259 e. The van der Waals surface area contributed by atoms with E-state index in [1.165, 1.54) is 22.7 Å². The summed E-state index contributed by atoms with van der Waals surface area (Å²) in [5.74, 6) is -0.635. The number of hydrogen-bond donors (Lipinski definition) is 2. The van der Waals surface area contributed by atoms with E-state index in [1.807, 2.05) is 0 Å². The van der Waals surface area contributed by atoms with Crippen molar-refractivity contribution >= 4 is 44.9 Å². The Bertz CT molecular complexity index is 1130. The normalized spacial score (nSPS) is 13.4. The second-order valence-corrected chi connectivity index (χ2v) is 9.07. The van der Waals surface area contributed by atoms with Gasteiger partial charge in [0.2, 0.25) is 5.91 Å². The van der Waals surface area contributed by atoms with E-state index >= 15 is 0 Å². The molecule has 2 heterocycles. The van der Waals surface area contributed by atoms with Crippen molar-refractivity contribution in [2.24, 2.45) is 0 Å². The molecule has 2 aromatic heterocycles. The van der Waals surface area contributed by atoms with Crippen LogP contribution in [0.1, 0.15) is 35.5 Å². The van der Waals surface area contributed by atoms with E-state index in [9.17, 15) is 18.4 Å². The minimum absolute atomic E-state index is 0.0823. The lowest BCUT2D eigenvalue weighted by atomic mass is 9.97. The predicted octanol–water partition coefficient (Wildman–Crippen LogP) is 4.40. The monoisotopic (exact) mass is 435 g/mol. The van der Waals surface area contributed by atoms with Crippen LogP contribution >= 0.6 is 23.1 Å². The first-order valence-electron chi connectivity index (χ1n) is 9.37. The zero-order chi connectivity index (χ0) is 20.4. The molecule has 1 aliphatic carbocycles. The lowest BCUT2D eigenvalue weighted by Gasteiger charge is -2.09. The fraction of sp³-hybridized carbons (Fsp3) is 0.350. The van der Waals surface area contributed by atoms with Crippen molar-refractivity contribution in [2.75, 3.05) is 11.1 Å². The molecule has 1 amide bonds. The van der Waals surface area contributed by atoms with Crippen LogP contribution in [-0.4, -0.2) is 21.6 Å². The van der Waals surface area contributed by atoms with Gasteiger partial charge in [-0.05, 0) is 43.4 Å². The molecule has 0 unspecified atom stereocenters. The Balaban J connectivity index is 1.32. The number of carbonyl (C=O) groups is 1. The standard InChI is InChI=1S/C20H19F2N3O2S2/c21-13-6-5-11(9-14(13)22)23-17(26)7-8-28-10-16-24-19(27)18-12-3-1-2-4-15(12)29-20(18)25-16/h5-6,9H,1-4,7-8,10H2,(H,23,26)(H,24,25,27). The number of anilines is 1. The van der Waals surface area contributed by atoms with E-state index in [4.69, 9.17) is 0 Å². The average molecular weight is 436 g/mol. The Labute approximate surface area is 173 Å². The van der Waals surface area contributed by atoms with Gasteiger partial charge in [-0.3, -0.25) is 9.59 Å². The van der Waals surface area contributed by atoms with Gasteiger partial charge < -0.3 is 10.3 Å². The molecule has 1 aliphatic rings. The van der Waals surface area contributed by atoms with Gasteiger partial charge in [-0.1, -0.05) is 0 Å². The third-order valence-corrected chi connectivity index (χ3v) is 6.95. The maximum atomic E-state index is 13.2. The van der Waals surface area contributed by atoms with E-state index < -0.39 is 11.6 Å². The molecule has 0 saturated carbocycles. The van der Waals surface area contributed by atoms with E-state index in [0.29, 0.717) is 17.3 Å². The number of nitrogens with zero attached hydrogens (tertiary/aromatic N) is 1. The van der Waals surface area contributed by atoms with Gasteiger partial charge in [-0.25, -0.2) is 13.8 Å². The van der Waals surface area contributed by atoms with Crippen LogP contribution in [0, 0.1) is 11.6 Å². The lowest BCUT2D eigenvalue weighted by molar-refractivity contribution is -0.115. The van der Waals surface area contributed by atoms with Gasteiger partial charge in [0.15, 0.2) is 11.6 Å². The summed E-state index contributed by atoms with van der Waals surface area (Å²) in [5, 5.41) is 3.28. The van der Waals surface area contributed by atoms with E-state index in [-0.39, 0.29) is 23.6 Å². The summed E-state index contributed by atoms with van der Waals surface area (Å²) < 4.78 is 26.1. The van der Waals surface area contributed by atoms with Gasteiger partial charge in [0.25, 0.3) is 5.56 Å². The molecule has 1 aromatic carbocycles. The smallest absolute Gasteiger partial charge is 0.259 e. The van der Waals surface area contributed by atoms with Gasteiger partial charge in [0, 0.05) is 28.8 Å². The minimum Gasteiger partial charge on any atom is -0.326 e. The molecule has 0 bridgehead atoms.